The number of carbonyl (C=O) groups excluding carboxylic acids is 1. The predicted octanol–water partition coefficient (Wildman–Crippen LogP) is 1.52. The molecule has 1 N–H and O–H groups in total. The molecule has 1 aromatic rings. The van der Waals surface area contributed by atoms with Crippen LogP contribution in [0, 0.1) is 6.92 Å². The third-order valence-electron chi connectivity index (χ3n) is 1.27. The molecular formula is C7H8Cl2N2O2. The summed E-state index contributed by atoms with van der Waals surface area (Å²) in [6, 6.07) is 0. The molecule has 0 spiro atoms. The first-order valence-electron chi connectivity index (χ1n) is 3.58. The Labute approximate surface area is 85.2 Å². The Morgan fingerprint density at radius 1 is 1.77 bits per heavy atom. The molecule has 0 atom stereocenters. The van der Waals surface area contributed by atoms with Crippen molar-refractivity contribution in [3.05, 3.63) is 17.8 Å². The minimum Gasteiger partial charge on any atom is -0.448 e. The van der Waals surface area contributed by atoms with E-state index in [4.69, 9.17) is 27.6 Å². The van der Waals surface area contributed by atoms with Crippen LogP contribution in [-0.4, -0.2) is 22.3 Å². The molecule has 0 saturated carbocycles. The van der Waals surface area contributed by atoms with Gasteiger partial charge in [0.1, 0.15) is 11.1 Å². The highest BCUT2D eigenvalue weighted by Crippen LogP contribution is 2.02. The van der Waals surface area contributed by atoms with Crippen LogP contribution in [0.25, 0.3) is 0 Å². The summed E-state index contributed by atoms with van der Waals surface area (Å²) in [5.74, 6) is 0.0987. The molecule has 1 heterocycles. The second-order valence-electron chi connectivity index (χ2n) is 2.35. The molecule has 0 bridgehead atoms. The smallest absolute Gasteiger partial charge is 0.273 e. The number of aryl methyl sites for hydroxylation is 1. The van der Waals surface area contributed by atoms with E-state index in [-0.39, 0.29) is 18.1 Å². The zero-order valence-electron chi connectivity index (χ0n) is 6.88. The highest BCUT2D eigenvalue weighted by Gasteiger charge is 2.10. The van der Waals surface area contributed by atoms with Gasteiger partial charge in [0.2, 0.25) is 0 Å². The zero-order chi connectivity index (χ0) is 9.84. The molecule has 0 fully saturated rings. The van der Waals surface area contributed by atoms with Crippen molar-refractivity contribution >= 4 is 29.1 Å². The lowest BCUT2D eigenvalue weighted by molar-refractivity contribution is 0.0950. The molecule has 13 heavy (non-hydrogen) atoms. The van der Waals surface area contributed by atoms with Gasteiger partial charge >= 0.3 is 0 Å². The topological polar surface area (TPSA) is 55.1 Å². The molecule has 0 aliphatic heterocycles. The summed E-state index contributed by atoms with van der Waals surface area (Å²) in [6.07, 6.45) is 1.28. The van der Waals surface area contributed by atoms with Crippen molar-refractivity contribution in [2.75, 3.05) is 6.54 Å². The van der Waals surface area contributed by atoms with E-state index in [1.165, 1.54) is 6.26 Å². The van der Waals surface area contributed by atoms with Crippen LogP contribution in [0.3, 0.4) is 0 Å². The maximum Gasteiger partial charge on any atom is 0.273 e. The van der Waals surface area contributed by atoms with Crippen LogP contribution in [0.1, 0.15) is 16.4 Å². The summed E-state index contributed by atoms with van der Waals surface area (Å²) in [6.45, 7) is 1.84. The van der Waals surface area contributed by atoms with Crippen LogP contribution in [0.2, 0.25) is 0 Å². The van der Waals surface area contributed by atoms with E-state index in [2.05, 4.69) is 10.3 Å². The van der Waals surface area contributed by atoms with Gasteiger partial charge < -0.3 is 9.73 Å². The van der Waals surface area contributed by atoms with Gasteiger partial charge in [0.05, 0.1) is 0 Å². The number of nitrogens with zero attached hydrogens (tertiary/aromatic N) is 1. The van der Waals surface area contributed by atoms with Crippen LogP contribution in [0.4, 0.5) is 0 Å². The van der Waals surface area contributed by atoms with Crippen molar-refractivity contribution < 1.29 is 9.21 Å². The van der Waals surface area contributed by atoms with Crippen molar-refractivity contribution in [3.63, 3.8) is 0 Å². The number of amides is 1. The van der Waals surface area contributed by atoms with Crippen LogP contribution in [0.5, 0.6) is 0 Å². The Hall–Kier alpha value is -0.740. The minimum atomic E-state index is -0.614. The van der Waals surface area contributed by atoms with Gasteiger partial charge in [-0.2, -0.15) is 0 Å². The Bertz CT molecular complexity index is 298. The lowest BCUT2D eigenvalue weighted by Crippen LogP contribution is -2.27. The standard InChI is InChI=1S/C7H8Cl2N2O2/c1-4-11-5(3-13-4)7(12)10-2-6(8)9/h3,6H,2H2,1H3,(H,10,12). The van der Waals surface area contributed by atoms with Gasteiger partial charge in [0.15, 0.2) is 11.6 Å². The van der Waals surface area contributed by atoms with E-state index < -0.39 is 4.84 Å². The third-order valence-corrected chi connectivity index (χ3v) is 1.58. The van der Waals surface area contributed by atoms with Crippen molar-refractivity contribution in [1.29, 1.82) is 0 Å². The molecule has 72 valence electrons. The molecule has 0 aromatic carbocycles. The van der Waals surface area contributed by atoms with Crippen molar-refractivity contribution in [2.24, 2.45) is 0 Å². The van der Waals surface area contributed by atoms with E-state index in [1.807, 2.05) is 0 Å². The number of oxazole rings is 1. The zero-order valence-corrected chi connectivity index (χ0v) is 8.39. The molecule has 0 radical (unpaired) electrons. The summed E-state index contributed by atoms with van der Waals surface area (Å²) >= 11 is 10.8. The Morgan fingerprint density at radius 3 is 2.92 bits per heavy atom. The number of aromatic nitrogens is 1. The largest absolute Gasteiger partial charge is 0.448 e. The highest BCUT2D eigenvalue weighted by atomic mass is 35.5. The summed E-state index contributed by atoms with van der Waals surface area (Å²) in [5, 5.41) is 2.49. The molecule has 1 amide bonds. The van der Waals surface area contributed by atoms with Gasteiger partial charge in [-0.15, -0.1) is 23.2 Å². The minimum absolute atomic E-state index is 0.188. The lowest BCUT2D eigenvalue weighted by Gasteiger charge is -2.01. The van der Waals surface area contributed by atoms with Crippen molar-refractivity contribution in [1.82, 2.24) is 10.3 Å². The number of rotatable bonds is 3. The van der Waals surface area contributed by atoms with E-state index in [0.717, 1.165) is 0 Å². The quantitative estimate of drug-likeness (QED) is 0.790. The van der Waals surface area contributed by atoms with E-state index in [9.17, 15) is 4.79 Å². The maximum absolute atomic E-state index is 11.2. The normalized spacial score (nSPS) is 10.5. The van der Waals surface area contributed by atoms with Crippen molar-refractivity contribution in [3.8, 4) is 0 Å². The number of halogens is 2. The van der Waals surface area contributed by atoms with Crippen LogP contribution in [-0.2, 0) is 0 Å². The fourth-order valence-electron chi connectivity index (χ4n) is 0.728. The van der Waals surface area contributed by atoms with Gasteiger partial charge in [-0.25, -0.2) is 4.98 Å². The molecule has 0 saturated heterocycles. The highest BCUT2D eigenvalue weighted by molar-refractivity contribution is 6.44. The molecule has 1 rings (SSSR count). The van der Waals surface area contributed by atoms with Crippen LogP contribution >= 0.6 is 23.2 Å². The van der Waals surface area contributed by atoms with E-state index >= 15 is 0 Å². The van der Waals surface area contributed by atoms with Gasteiger partial charge in [-0.1, -0.05) is 0 Å². The molecule has 0 aliphatic carbocycles. The number of hydrogen-bond acceptors (Lipinski definition) is 3. The Balaban J connectivity index is 2.49. The van der Waals surface area contributed by atoms with E-state index in [0.29, 0.717) is 5.89 Å². The lowest BCUT2D eigenvalue weighted by atomic mass is 10.4. The Morgan fingerprint density at radius 2 is 2.46 bits per heavy atom. The first-order chi connectivity index (χ1) is 6.09. The van der Waals surface area contributed by atoms with Crippen LogP contribution in [0.15, 0.2) is 10.7 Å². The average molecular weight is 223 g/mol. The summed E-state index contributed by atoms with van der Waals surface area (Å²) in [7, 11) is 0. The molecule has 1 aromatic heterocycles. The van der Waals surface area contributed by atoms with Crippen LogP contribution < -0.4 is 5.32 Å². The fraction of sp³-hybridized carbons (Fsp3) is 0.429. The Kier molecular flexibility index (Phi) is 3.57. The summed E-state index contributed by atoms with van der Waals surface area (Å²) in [4.78, 5) is 14.4. The molecule has 0 aliphatic rings. The second-order valence-corrected chi connectivity index (χ2v) is 3.63. The number of nitrogens with one attached hydrogen (secondary N) is 1. The number of alkyl halides is 2. The summed E-state index contributed by atoms with van der Waals surface area (Å²) < 4.78 is 4.85. The maximum atomic E-state index is 11.2. The molecule has 4 nitrogen and oxygen atoms in total. The van der Waals surface area contributed by atoms with Gasteiger partial charge in [-0.3, -0.25) is 4.79 Å². The third kappa shape index (κ3) is 3.24. The molecular weight excluding hydrogens is 215 g/mol. The number of carbonyl (C=O) groups is 1. The predicted molar refractivity (Wildman–Crippen MR) is 49.1 cm³/mol. The first-order valence-corrected chi connectivity index (χ1v) is 4.45. The fourth-order valence-corrected chi connectivity index (χ4v) is 0.882. The number of hydrogen-bond donors (Lipinski definition) is 1. The van der Waals surface area contributed by atoms with Gasteiger partial charge in [-0.05, 0) is 0 Å². The van der Waals surface area contributed by atoms with E-state index in [1.54, 1.807) is 6.92 Å². The first kappa shape index (κ1) is 10.3. The van der Waals surface area contributed by atoms with Gasteiger partial charge in [0.25, 0.3) is 5.91 Å². The molecule has 0 unspecified atom stereocenters. The van der Waals surface area contributed by atoms with Gasteiger partial charge in [0, 0.05) is 13.5 Å². The summed E-state index contributed by atoms with van der Waals surface area (Å²) in [5.41, 5.74) is 0.228. The molecule has 6 heteroatoms. The monoisotopic (exact) mass is 222 g/mol. The van der Waals surface area contributed by atoms with Crippen molar-refractivity contribution in [2.45, 2.75) is 11.8 Å². The SMILES string of the molecule is Cc1nc(C(=O)NCC(Cl)Cl)co1. The average Bonchev–Trinajstić information content (AvgIpc) is 2.47. The second kappa shape index (κ2) is 4.48.